The van der Waals surface area contributed by atoms with Crippen LogP contribution in [0.2, 0.25) is 0 Å². The van der Waals surface area contributed by atoms with E-state index in [0.717, 1.165) is 0 Å². The maximum Gasteiger partial charge on any atom is 0.391 e. The molecular formula is C10H20F3N3. The minimum absolute atomic E-state index is 0.0746. The standard InChI is InChI=1S/C10H20F3N3/c1-16(2)15-9(7-14)5-3-4-8(6-9)10(11,12)13/h8,15H,3-7,14H2,1-2H3. The van der Waals surface area contributed by atoms with Crippen LogP contribution in [0, 0.1) is 5.92 Å². The van der Waals surface area contributed by atoms with Gasteiger partial charge in [-0.05, 0) is 19.3 Å². The van der Waals surface area contributed by atoms with Gasteiger partial charge in [0.05, 0.1) is 5.92 Å². The van der Waals surface area contributed by atoms with Gasteiger partial charge in [0.1, 0.15) is 0 Å². The number of rotatable bonds is 3. The van der Waals surface area contributed by atoms with Gasteiger partial charge in [0.15, 0.2) is 0 Å². The molecule has 3 N–H and O–H groups in total. The highest BCUT2D eigenvalue weighted by Crippen LogP contribution is 2.41. The number of hydrogen-bond donors (Lipinski definition) is 2. The Morgan fingerprint density at radius 1 is 1.44 bits per heavy atom. The lowest BCUT2D eigenvalue weighted by atomic mass is 9.75. The van der Waals surface area contributed by atoms with Crippen LogP contribution in [-0.2, 0) is 0 Å². The van der Waals surface area contributed by atoms with Crippen molar-refractivity contribution in [1.29, 1.82) is 0 Å². The van der Waals surface area contributed by atoms with Gasteiger partial charge in [-0.1, -0.05) is 6.42 Å². The second kappa shape index (κ2) is 4.89. The molecule has 0 aliphatic heterocycles. The van der Waals surface area contributed by atoms with E-state index in [4.69, 9.17) is 5.73 Å². The van der Waals surface area contributed by atoms with Crippen LogP contribution in [-0.4, -0.2) is 37.4 Å². The molecule has 1 aliphatic rings. The molecule has 1 aliphatic carbocycles. The molecule has 0 aromatic rings. The second-order valence-corrected chi connectivity index (χ2v) is 4.83. The van der Waals surface area contributed by atoms with E-state index >= 15 is 0 Å². The average Bonchev–Trinajstić information content (AvgIpc) is 2.16. The van der Waals surface area contributed by atoms with Crippen molar-refractivity contribution in [2.24, 2.45) is 11.7 Å². The summed E-state index contributed by atoms with van der Waals surface area (Å²) in [6, 6.07) is 0. The lowest BCUT2D eigenvalue weighted by Gasteiger charge is -2.43. The minimum Gasteiger partial charge on any atom is -0.329 e. The van der Waals surface area contributed by atoms with Crippen LogP contribution in [0.3, 0.4) is 0 Å². The first-order valence-electron chi connectivity index (χ1n) is 5.51. The summed E-state index contributed by atoms with van der Waals surface area (Å²) in [5, 5.41) is 1.69. The SMILES string of the molecule is CN(C)NC1(CN)CCCC(C(F)(F)F)C1. The van der Waals surface area contributed by atoms with Gasteiger partial charge in [-0.3, -0.25) is 5.01 Å². The molecule has 6 heteroatoms. The third-order valence-corrected chi connectivity index (χ3v) is 3.16. The lowest BCUT2D eigenvalue weighted by molar-refractivity contribution is -0.189. The highest BCUT2D eigenvalue weighted by molar-refractivity contribution is 4.95. The summed E-state index contributed by atoms with van der Waals surface area (Å²) in [6.45, 7) is 0.234. The van der Waals surface area contributed by atoms with Crippen LogP contribution in [0.1, 0.15) is 25.7 Å². The van der Waals surface area contributed by atoms with Crippen molar-refractivity contribution in [1.82, 2.24) is 10.4 Å². The molecule has 1 rings (SSSR count). The molecule has 3 nitrogen and oxygen atoms in total. The van der Waals surface area contributed by atoms with Gasteiger partial charge in [-0.2, -0.15) is 13.2 Å². The number of alkyl halides is 3. The molecule has 0 bridgehead atoms. The Kier molecular flexibility index (Phi) is 4.20. The van der Waals surface area contributed by atoms with Crippen molar-refractivity contribution >= 4 is 0 Å². The summed E-state index contributed by atoms with van der Waals surface area (Å²) in [6.07, 6.45) is -2.53. The number of hydrogen-bond acceptors (Lipinski definition) is 3. The molecule has 0 aromatic carbocycles. The zero-order chi connectivity index (χ0) is 12.4. The fourth-order valence-corrected chi connectivity index (χ4v) is 2.45. The quantitative estimate of drug-likeness (QED) is 0.733. The molecule has 0 aromatic heterocycles. The van der Waals surface area contributed by atoms with Crippen LogP contribution in [0.4, 0.5) is 13.2 Å². The third kappa shape index (κ3) is 3.33. The number of halogens is 3. The molecule has 0 radical (unpaired) electrons. The summed E-state index contributed by atoms with van der Waals surface area (Å²) in [5.74, 6) is -1.22. The van der Waals surface area contributed by atoms with Crippen LogP contribution in [0.25, 0.3) is 0 Å². The smallest absolute Gasteiger partial charge is 0.329 e. The fourth-order valence-electron chi connectivity index (χ4n) is 2.45. The topological polar surface area (TPSA) is 41.3 Å². The van der Waals surface area contributed by atoms with Crippen molar-refractivity contribution < 1.29 is 13.2 Å². The van der Waals surface area contributed by atoms with Crippen molar-refractivity contribution in [3.05, 3.63) is 0 Å². The predicted molar refractivity (Wildman–Crippen MR) is 56.6 cm³/mol. The Hall–Kier alpha value is -0.330. The van der Waals surface area contributed by atoms with Crippen LogP contribution in [0.5, 0.6) is 0 Å². The van der Waals surface area contributed by atoms with Crippen LogP contribution >= 0.6 is 0 Å². The number of nitrogens with two attached hydrogens (primary N) is 1. The summed E-state index contributed by atoms with van der Waals surface area (Å²) < 4.78 is 38.0. The van der Waals surface area contributed by atoms with Gasteiger partial charge in [0.2, 0.25) is 0 Å². The van der Waals surface area contributed by atoms with Gasteiger partial charge in [-0.15, -0.1) is 0 Å². The van der Waals surface area contributed by atoms with Gasteiger partial charge in [0, 0.05) is 26.2 Å². The summed E-state index contributed by atoms with van der Waals surface area (Å²) in [4.78, 5) is 0. The Morgan fingerprint density at radius 3 is 2.50 bits per heavy atom. The van der Waals surface area contributed by atoms with E-state index in [-0.39, 0.29) is 19.4 Å². The zero-order valence-electron chi connectivity index (χ0n) is 9.77. The van der Waals surface area contributed by atoms with Crippen molar-refractivity contribution in [3.8, 4) is 0 Å². The van der Waals surface area contributed by atoms with Gasteiger partial charge >= 0.3 is 6.18 Å². The molecule has 1 saturated carbocycles. The largest absolute Gasteiger partial charge is 0.391 e. The third-order valence-electron chi connectivity index (χ3n) is 3.16. The van der Waals surface area contributed by atoms with Crippen molar-refractivity contribution in [2.45, 2.75) is 37.4 Å². The average molecular weight is 239 g/mol. The second-order valence-electron chi connectivity index (χ2n) is 4.83. The molecule has 16 heavy (non-hydrogen) atoms. The van der Waals surface area contributed by atoms with E-state index in [0.29, 0.717) is 12.8 Å². The highest BCUT2D eigenvalue weighted by atomic mass is 19.4. The predicted octanol–water partition coefficient (Wildman–Crippen LogP) is 1.50. The van der Waals surface area contributed by atoms with E-state index in [1.165, 1.54) is 0 Å². The zero-order valence-corrected chi connectivity index (χ0v) is 9.77. The first kappa shape index (κ1) is 13.7. The number of hydrazine groups is 1. The normalized spacial score (nSPS) is 32.1. The van der Waals surface area contributed by atoms with E-state index in [1.807, 2.05) is 0 Å². The minimum atomic E-state index is -4.10. The maximum atomic E-state index is 12.7. The molecule has 0 heterocycles. The van der Waals surface area contributed by atoms with Crippen LogP contribution < -0.4 is 11.2 Å². The first-order valence-corrected chi connectivity index (χ1v) is 5.51. The molecule has 0 amide bonds. The summed E-state index contributed by atoms with van der Waals surface area (Å²) in [7, 11) is 3.54. The highest BCUT2D eigenvalue weighted by Gasteiger charge is 2.47. The Bertz CT molecular complexity index is 230. The fraction of sp³-hybridized carbons (Fsp3) is 1.00. The van der Waals surface area contributed by atoms with Crippen LogP contribution in [0.15, 0.2) is 0 Å². The lowest BCUT2D eigenvalue weighted by Crippen LogP contribution is -2.59. The van der Waals surface area contributed by atoms with E-state index in [9.17, 15) is 13.2 Å². The molecule has 0 spiro atoms. The molecule has 2 unspecified atom stereocenters. The Balaban J connectivity index is 2.72. The summed E-state index contributed by atoms with van der Waals surface area (Å²) in [5.41, 5.74) is 8.10. The molecule has 1 fully saturated rings. The van der Waals surface area contributed by atoms with E-state index in [1.54, 1.807) is 19.1 Å². The Morgan fingerprint density at radius 2 is 2.06 bits per heavy atom. The number of nitrogens with zero attached hydrogens (tertiary/aromatic N) is 1. The van der Waals surface area contributed by atoms with Gasteiger partial charge in [-0.25, -0.2) is 5.43 Å². The molecular weight excluding hydrogens is 219 g/mol. The monoisotopic (exact) mass is 239 g/mol. The molecule has 2 atom stereocenters. The maximum absolute atomic E-state index is 12.7. The van der Waals surface area contributed by atoms with Gasteiger partial charge in [0.25, 0.3) is 0 Å². The Labute approximate surface area is 94.1 Å². The van der Waals surface area contributed by atoms with Crippen molar-refractivity contribution in [2.75, 3.05) is 20.6 Å². The molecule has 96 valence electrons. The summed E-state index contributed by atoms with van der Waals surface area (Å²) >= 11 is 0. The van der Waals surface area contributed by atoms with Crippen molar-refractivity contribution in [3.63, 3.8) is 0 Å². The van der Waals surface area contributed by atoms with Gasteiger partial charge < -0.3 is 5.73 Å². The van der Waals surface area contributed by atoms with E-state index < -0.39 is 17.6 Å². The first-order chi connectivity index (χ1) is 7.29. The van der Waals surface area contributed by atoms with E-state index in [2.05, 4.69) is 5.43 Å². The number of nitrogens with one attached hydrogen (secondary N) is 1. The molecule has 0 saturated heterocycles.